The molecule has 4 nitrogen and oxygen atoms in total. The summed E-state index contributed by atoms with van der Waals surface area (Å²) in [6, 6.07) is 10.3. The number of aromatic hydroxyl groups is 1. The van der Waals surface area contributed by atoms with E-state index in [1.54, 1.807) is 19.1 Å². The van der Waals surface area contributed by atoms with Gasteiger partial charge in [-0.05, 0) is 37.6 Å². The lowest BCUT2D eigenvalue weighted by Gasteiger charge is -1.95. The highest BCUT2D eigenvalue weighted by molar-refractivity contribution is 5.41. The Bertz CT molecular complexity index is 546. The fourth-order valence-electron chi connectivity index (χ4n) is 1.29. The average Bonchev–Trinajstić information content (AvgIpc) is 2.37. The van der Waals surface area contributed by atoms with Crippen molar-refractivity contribution in [2.24, 2.45) is 0 Å². The van der Waals surface area contributed by atoms with Crippen LogP contribution in [0.4, 0.5) is 10.1 Å². The molecule has 0 spiro atoms. The molecule has 2 aromatic carbocycles. The van der Waals surface area contributed by atoms with Crippen LogP contribution in [0.15, 0.2) is 42.5 Å². The van der Waals surface area contributed by atoms with E-state index in [-0.39, 0.29) is 17.3 Å². The van der Waals surface area contributed by atoms with Gasteiger partial charge >= 0.3 is 0 Å². The van der Waals surface area contributed by atoms with E-state index in [4.69, 9.17) is 5.11 Å². The molecule has 19 heavy (non-hydrogen) atoms. The van der Waals surface area contributed by atoms with Gasteiger partial charge < -0.3 is 5.11 Å². The largest absolute Gasteiger partial charge is 0.508 e. The van der Waals surface area contributed by atoms with E-state index in [1.165, 1.54) is 30.3 Å². The lowest BCUT2D eigenvalue weighted by Crippen LogP contribution is -1.87. The molecule has 0 unspecified atom stereocenters. The Hall–Kier alpha value is -2.43. The molecular formula is C14H14FNO3. The van der Waals surface area contributed by atoms with E-state index in [0.29, 0.717) is 5.56 Å². The smallest absolute Gasteiger partial charge is 0.269 e. The molecule has 2 rings (SSSR count). The zero-order chi connectivity index (χ0) is 14.4. The SMILES string of the molecule is Cc1cc([N+](=O)[O-])ccc1O.Cc1ccc(F)cc1. The van der Waals surface area contributed by atoms with Gasteiger partial charge in [-0.15, -0.1) is 0 Å². The number of rotatable bonds is 1. The molecule has 0 aliphatic carbocycles. The van der Waals surface area contributed by atoms with Crippen molar-refractivity contribution < 1.29 is 14.4 Å². The molecule has 0 amide bonds. The fourth-order valence-corrected chi connectivity index (χ4v) is 1.29. The topological polar surface area (TPSA) is 63.4 Å². The molecule has 0 aliphatic rings. The molecule has 2 aromatic rings. The summed E-state index contributed by atoms with van der Waals surface area (Å²) < 4.78 is 12.1. The molecule has 0 saturated heterocycles. The zero-order valence-corrected chi connectivity index (χ0v) is 10.6. The molecule has 0 radical (unpaired) electrons. The van der Waals surface area contributed by atoms with Crippen LogP contribution in [0.2, 0.25) is 0 Å². The van der Waals surface area contributed by atoms with Crippen molar-refractivity contribution in [1.29, 1.82) is 0 Å². The zero-order valence-electron chi connectivity index (χ0n) is 10.6. The highest BCUT2D eigenvalue weighted by Gasteiger charge is 2.05. The van der Waals surface area contributed by atoms with Gasteiger partial charge in [0.05, 0.1) is 4.92 Å². The van der Waals surface area contributed by atoms with Crippen LogP contribution in [-0.4, -0.2) is 10.0 Å². The predicted molar refractivity (Wildman–Crippen MR) is 70.6 cm³/mol. The molecule has 0 fully saturated rings. The van der Waals surface area contributed by atoms with Gasteiger partial charge in [0, 0.05) is 12.1 Å². The van der Waals surface area contributed by atoms with Crippen LogP contribution in [0.5, 0.6) is 5.75 Å². The van der Waals surface area contributed by atoms with Gasteiger partial charge in [0.1, 0.15) is 11.6 Å². The summed E-state index contributed by atoms with van der Waals surface area (Å²) in [4.78, 5) is 9.69. The summed E-state index contributed by atoms with van der Waals surface area (Å²) in [5, 5.41) is 19.2. The highest BCUT2D eigenvalue weighted by Crippen LogP contribution is 2.21. The van der Waals surface area contributed by atoms with Crippen LogP contribution in [0, 0.1) is 29.8 Å². The molecular weight excluding hydrogens is 249 g/mol. The first kappa shape index (κ1) is 14.6. The minimum absolute atomic E-state index is 0.000278. The quantitative estimate of drug-likeness (QED) is 0.629. The van der Waals surface area contributed by atoms with Crippen molar-refractivity contribution in [3.05, 3.63) is 69.5 Å². The molecule has 100 valence electrons. The third-order valence-corrected chi connectivity index (χ3v) is 2.40. The third kappa shape index (κ3) is 4.75. The Balaban J connectivity index is 0.000000200. The number of hydrogen-bond donors (Lipinski definition) is 1. The standard InChI is InChI=1S/C7H7F.C7H7NO3/c1-6-2-4-7(8)5-3-6;1-5-4-6(8(10)11)2-3-7(5)9/h2-5H,1H3;2-4,9H,1H3. The molecule has 5 heteroatoms. The van der Waals surface area contributed by atoms with Crippen LogP contribution in [-0.2, 0) is 0 Å². The molecule has 0 saturated carbocycles. The third-order valence-electron chi connectivity index (χ3n) is 2.40. The number of halogens is 1. The van der Waals surface area contributed by atoms with Crippen LogP contribution in [0.25, 0.3) is 0 Å². The highest BCUT2D eigenvalue weighted by atomic mass is 19.1. The van der Waals surface area contributed by atoms with E-state index < -0.39 is 4.92 Å². The Labute approximate surface area is 110 Å². The number of hydrogen-bond acceptors (Lipinski definition) is 3. The van der Waals surface area contributed by atoms with Crippen LogP contribution >= 0.6 is 0 Å². The van der Waals surface area contributed by atoms with Gasteiger partial charge in [0.25, 0.3) is 5.69 Å². The Morgan fingerprint density at radius 2 is 1.68 bits per heavy atom. The van der Waals surface area contributed by atoms with Crippen molar-refractivity contribution in [2.75, 3.05) is 0 Å². The van der Waals surface area contributed by atoms with Gasteiger partial charge in [0.15, 0.2) is 0 Å². The minimum atomic E-state index is -0.494. The lowest BCUT2D eigenvalue weighted by molar-refractivity contribution is -0.384. The summed E-state index contributed by atoms with van der Waals surface area (Å²) in [6.45, 7) is 3.54. The molecule has 0 aliphatic heterocycles. The van der Waals surface area contributed by atoms with Gasteiger partial charge in [-0.3, -0.25) is 10.1 Å². The summed E-state index contributed by atoms with van der Waals surface area (Å²) in [5.41, 5.74) is 1.60. The van der Waals surface area contributed by atoms with Crippen LogP contribution < -0.4 is 0 Å². The molecule has 0 heterocycles. The minimum Gasteiger partial charge on any atom is -0.508 e. The average molecular weight is 263 g/mol. The van der Waals surface area contributed by atoms with E-state index in [0.717, 1.165) is 5.56 Å². The number of phenols is 1. The first-order valence-corrected chi connectivity index (χ1v) is 5.56. The molecule has 0 bridgehead atoms. The second kappa shape index (κ2) is 6.49. The lowest BCUT2D eigenvalue weighted by atomic mass is 10.2. The van der Waals surface area contributed by atoms with Crippen molar-refractivity contribution >= 4 is 5.69 Å². The number of non-ortho nitro benzene ring substituents is 1. The number of benzene rings is 2. The number of nitro benzene ring substituents is 1. The number of nitro groups is 1. The van der Waals surface area contributed by atoms with E-state index >= 15 is 0 Å². The first-order valence-electron chi connectivity index (χ1n) is 5.56. The summed E-state index contributed by atoms with van der Waals surface area (Å²) in [7, 11) is 0. The normalized spacial score (nSPS) is 9.42. The van der Waals surface area contributed by atoms with Gasteiger partial charge in [-0.1, -0.05) is 17.7 Å². The summed E-state index contributed by atoms with van der Waals surface area (Å²) in [6.07, 6.45) is 0. The van der Waals surface area contributed by atoms with Gasteiger partial charge in [-0.2, -0.15) is 0 Å². The van der Waals surface area contributed by atoms with Crippen molar-refractivity contribution in [2.45, 2.75) is 13.8 Å². The number of nitrogens with zero attached hydrogens (tertiary/aromatic N) is 1. The first-order chi connectivity index (χ1) is 8.90. The second-order valence-electron chi connectivity index (χ2n) is 4.02. The van der Waals surface area contributed by atoms with Crippen molar-refractivity contribution in [3.63, 3.8) is 0 Å². The Morgan fingerprint density at radius 1 is 1.11 bits per heavy atom. The van der Waals surface area contributed by atoms with E-state index in [2.05, 4.69) is 0 Å². The Morgan fingerprint density at radius 3 is 2.11 bits per heavy atom. The van der Waals surface area contributed by atoms with Crippen molar-refractivity contribution in [3.8, 4) is 5.75 Å². The van der Waals surface area contributed by atoms with Crippen molar-refractivity contribution in [1.82, 2.24) is 0 Å². The number of aryl methyl sites for hydroxylation is 2. The van der Waals surface area contributed by atoms with Crippen LogP contribution in [0.3, 0.4) is 0 Å². The second-order valence-corrected chi connectivity index (χ2v) is 4.02. The maximum absolute atomic E-state index is 12.1. The Kier molecular flexibility index (Phi) is 5.00. The molecule has 0 aromatic heterocycles. The predicted octanol–water partition coefficient (Wildman–Crippen LogP) is 3.74. The maximum atomic E-state index is 12.1. The van der Waals surface area contributed by atoms with E-state index in [9.17, 15) is 14.5 Å². The maximum Gasteiger partial charge on any atom is 0.269 e. The number of phenolic OH excluding ortho intramolecular Hbond substituents is 1. The fraction of sp³-hybridized carbons (Fsp3) is 0.143. The summed E-state index contributed by atoms with van der Waals surface area (Å²) in [5.74, 6) is -0.0915. The molecule has 1 N–H and O–H groups in total. The molecule has 0 atom stereocenters. The van der Waals surface area contributed by atoms with Gasteiger partial charge in [0.2, 0.25) is 0 Å². The van der Waals surface area contributed by atoms with Gasteiger partial charge in [-0.25, -0.2) is 4.39 Å². The monoisotopic (exact) mass is 263 g/mol. The summed E-state index contributed by atoms with van der Waals surface area (Å²) >= 11 is 0. The van der Waals surface area contributed by atoms with E-state index in [1.807, 2.05) is 6.92 Å². The van der Waals surface area contributed by atoms with Crippen LogP contribution in [0.1, 0.15) is 11.1 Å².